The van der Waals surface area contributed by atoms with E-state index < -0.39 is 16.1 Å². The first kappa shape index (κ1) is 15.9. The summed E-state index contributed by atoms with van der Waals surface area (Å²) in [5.74, 6) is 0.984. The van der Waals surface area contributed by atoms with E-state index in [1.807, 2.05) is 0 Å². The molecule has 0 saturated carbocycles. The molecule has 9 heteroatoms. The van der Waals surface area contributed by atoms with Crippen molar-refractivity contribution in [3.8, 4) is 11.5 Å². The number of amides is 1. The first-order valence-electron chi connectivity index (χ1n) is 7.25. The molecule has 0 spiro atoms. The molecule has 1 aromatic rings. The number of alkyl carbamates (subject to hydrolysis) is 1. The number of fused-ring (bicyclic) bond motifs is 1. The third-order valence-electron chi connectivity index (χ3n) is 3.94. The van der Waals surface area contributed by atoms with Gasteiger partial charge >= 0.3 is 6.09 Å². The van der Waals surface area contributed by atoms with Gasteiger partial charge in [-0.05, 0) is 25.0 Å². The summed E-state index contributed by atoms with van der Waals surface area (Å²) >= 11 is 0. The Hall–Kier alpha value is -2.00. The van der Waals surface area contributed by atoms with Crippen LogP contribution >= 0.6 is 0 Å². The zero-order valence-electron chi connectivity index (χ0n) is 12.6. The fraction of sp³-hybridized carbons (Fsp3) is 0.500. The summed E-state index contributed by atoms with van der Waals surface area (Å²) in [4.78, 5) is 11.4. The number of benzene rings is 1. The molecule has 0 aromatic heterocycles. The van der Waals surface area contributed by atoms with E-state index in [1.165, 1.54) is 23.5 Å². The van der Waals surface area contributed by atoms with Gasteiger partial charge in [-0.1, -0.05) is 0 Å². The lowest BCUT2D eigenvalue weighted by molar-refractivity contribution is 0.161. The molecular formula is C14H18N2O6S. The number of rotatable bonds is 3. The Bertz CT molecular complexity index is 697. The summed E-state index contributed by atoms with van der Waals surface area (Å²) in [6, 6.07) is 4.52. The van der Waals surface area contributed by atoms with Crippen LogP contribution in [-0.2, 0) is 14.8 Å². The number of carbonyl (C=O) groups excluding carboxylic acids is 1. The van der Waals surface area contributed by atoms with Crippen LogP contribution in [0.4, 0.5) is 4.79 Å². The normalized spacial score (nSPS) is 18.7. The monoisotopic (exact) mass is 342 g/mol. The number of methoxy groups -OCH3 is 1. The van der Waals surface area contributed by atoms with Gasteiger partial charge in [-0.3, -0.25) is 0 Å². The van der Waals surface area contributed by atoms with E-state index in [0.29, 0.717) is 37.4 Å². The molecule has 3 rings (SSSR count). The van der Waals surface area contributed by atoms with E-state index in [9.17, 15) is 13.2 Å². The molecule has 1 amide bonds. The van der Waals surface area contributed by atoms with Crippen LogP contribution in [0.3, 0.4) is 0 Å². The Kier molecular flexibility index (Phi) is 4.31. The molecule has 8 nitrogen and oxygen atoms in total. The van der Waals surface area contributed by atoms with Gasteiger partial charge in [0.2, 0.25) is 16.8 Å². The van der Waals surface area contributed by atoms with Gasteiger partial charge in [0.05, 0.1) is 12.0 Å². The molecular weight excluding hydrogens is 324 g/mol. The number of piperidine rings is 1. The van der Waals surface area contributed by atoms with Gasteiger partial charge in [0.15, 0.2) is 11.5 Å². The minimum atomic E-state index is -3.59. The average molecular weight is 342 g/mol. The minimum Gasteiger partial charge on any atom is -0.454 e. The Morgan fingerprint density at radius 1 is 1.26 bits per heavy atom. The molecule has 0 bridgehead atoms. The van der Waals surface area contributed by atoms with Gasteiger partial charge in [-0.15, -0.1) is 0 Å². The van der Waals surface area contributed by atoms with Gasteiger partial charge in [0, 0.05) is 25.2 Å². The van der Waals surface area contributed by atoms with E-state index >= 15 is 0 Å². The van der Waals surface area contributed by atoms with Crippen molar-refractivity contribution in [2.45, 2.75) is 23.8 Å². The highest BCUT2D eigenvalue weighted by molar-refractivity contribution is 7.89. The molecule has 1 saturated heterocycles. The lowest BCUT2D eigenvalue weighted by Gasteiger charge is -2.31. The van der Waals surface area contributed by atoms with E-state index in [4.69, 9.17) is 9.47 Å². The van der Waals surface area contributed by atoms with Gasteiger partial charge in [-0.2, -0.15) is 4.31 Å². The number of ether oxygens (including phenoxy) is 3. The van der Waals surface area contributed by atoms with Crippen LogP contribution < -0.4 is 14.8 Å². The van der Waals surface area contributed by atoms with Crippen LogP contribution in [0.15, 0.2) is 23.1 Å². The van der Waals surface area contributed by atoms with Crippen LogP contribution in [0, 0.1) is 0 Å². The summed E-state index contributed by atoms with van der Waals surface area (Å²) in [6.07, 6.45) is 0.583. The SMILES string of the molecule is COC(=O)NC1CCN(S(=O)(=O)c2ccc3c(c2)OCO3)CC1. The quantitative estimate of drug-likeness (QED) is 0.878. The molecule has 0 atom stereocenters. The van der Waals surface area contributed by atoms with Crippen LogP contribution in [0.1, 0.15) is 12.8 Å². The van der Waals surface area contributed by atoms with Crippen LogP contribution in [0.5, 0.6) is 11.5 Å². The van der Waals surface area contributed by atoms with Crippen LogP contribution in [0.2, 0.25) is 0 Å². The number of nitrogens with one attached hydrogen (secondary N) is 1. The van der Waals surface area contributed by atoms with Gasteiger partial charge in [0.1, 0.15) is 0 Å². The molecule has 126 valence electrons. The van der Waals surface area contributed by atoms with Gasteiger partial charge in [-0.25, -0.2) is 13.2 Å². The molecule has 23 heavy (non-hydrogen) atoms. The number of hydrogen-bond acceptors (Lipinski definition) is 6. The van der Waals surface area contributed by atoms with Crippen molar-refractivity contribution < 1.29 is 27.4 Å². The molecule has 1 aromatic carbocycles. The maximum Gasteiger partial charge on any atom is 0.407 e. The zero-order valence-corrected chi connectivity index (χ0v) is 13.5. The second-order valence-electron chi connectivity index (χ2n) is 5.33. The highest BCUT2D eigenvalue weighted by Gasteiger charge is 2.31. The number of nitrogens with zero attached hydrogens (tertiary/aromatic N) is 1. The Balaban J connectivity index is 1.68. The number of hydrogen-bond donors (Lipinski definition) is 1. The molecule has 0 unspecified atom stereocenters. The molecule has 1 N–H and O–H groups in total. The van der Waals surface area contributed by atoms with Crippen molar-refractivity contribution in [2.24, 2.45) is 0 Å². The van der Waals surface area contributed by atoms with Crippen LogP contribution in [0.25, 0.3) is 0 Å². The van der Waals surface area contributed by atoms with Gasteiger partial charge < -0.3 is 19.5 Å². The summed E-state index contributed by atoms with van der Waals surface area (Å²) in [5, 5.41) is 2.70. The number of carbonyl (C=O) groups is 1. The van der Waals surface area contributed by atoms with Crippen molar-refractivity contribution in [1.82, 2.24) is 9.62 Å². The molecule has 2 aliphatic heterocycles. The van der Waals surface area contributed by atoms with E-state index in [0.717, 1.165) is 0 Å². The van der Waals surface area contributed by atoms with Crippen molar-refractivity contribution in [3.05, 3.63) is 18.2 Å². The topological polar surface area (TPSA) is 94.2 Å². The predicted octanol–water partition coefficient (Wildman–Crippen LogP) is 0.924. The predicted molar refractivity (Wildman–Crippen MR) is 79.9 cm³/mol. The third kappa shape index (κ3) is 3.20. The first-order chi connectivity index (χ1) is 11.0. The summed E-state index contributed by atoms with van der Waals surface area (Å²) in [7, 11) is -2.29. The van der Waals surface area contributed by atoms with Crippen LogP contribution in [-0.4, -0.2) is 51.9 Å². The molecule has 0 aliphatic carbocycles. The van der Waals surface area contributed by atoms with Crippen molar-refractivity contribution in [2.75, 3.05) is 27.0 Å². The third-order valence-corrected chi connectivity index (χ3v) is 5.84. The highest BCUT2D eigenvalue weighted by Crippen LogP contribution is 2.35. The molecule has 0 radical (unpaired) electrons. The standard InChI is InChI=1S/C14H18N2O6S/c1-20-14(17)15-10-4-6-16(7-5-10)23(18,19)11-2-3-12-13(8-11)22-9-21-12/h2-3,8,10H,4-7,9H2,1H3,(H,15,17). The second-order valence-corrected chi connectivity index (χ2v) is 7.27. The molecule has 2 heterocycles. The van der Waals surface area contributed by atoms with E-state index in [1.54, 1.807) is 6.07 Å². The van der Waals surface area contributed by atoms with E-state index in [2.05, 4.69) is 10.1 Å². The zero-order chi connectivity index (χ0) is 16.4. The van der Waals surface area contributed by atoms with E-state index in [-0.39, 0.29) is 17.7 Å². The lowest BCUT2D eigenvalue weighted by atomic mass is 10.1. The van der Waals surface area contributed by atoms with Gasteiger partial charge in [0.25, 0.3) is 0 Å². The average Bonchev–Trinajstić information content (AvgIpc) is 3.02. The smallest absolute Gasteiger partial charge is 0.407 e. The fourth-order valence-electron chi connectivity index (χ4n) is 2.65. The Morgan fingerprint density at radius 3 is 2.65 bits per heavy atom. The van der Waals surface area contributed by atoms with Crippen molar-refractivity contribution in [1.29, 1.82) is 0 Å². The van der Waals surface area contributed by atoms with Crippen molar-refractivity contribution >= 4 is 16.1 Å². The van der Waals surface area contributed by atoms with Crippen molar-refractivity contribution in [3.63, 3.8) is 0 Å². The number of sulfonamides is 1. The maximum atomic E-state index is 12.7. The summed E-state index contributed by atoms with van der Waals surface area (Å²) in [5.41, 5.74) is 0. The summed E-state index contributed by atoms with van der Waals surface area (Å²) < 4.78 is 41.8. The highest BCUT2D eigenvalue weighted by atomic mass is 32.2. The Labute approximate surface area is 134 Å². The minimum absolute atomic E-state index is 0.0781. The Morgan fingerprint density at radius 2 is 1.96 bits per heavy atom. The fourth-order valence-corrected chi connectivity index (χ4v) is 4.14. The lowest BCUT2D eigenvalue weighted by Crippen LogP contribution is -2.46. The maximum absolute atomic E-state index is 12.7. The second kappa shape index (κ2) is 6.25. The summed E-state index contributed by atoms with van der Waals surface area (Å²) in [6.45, 7) is 0.778. The first-order valence-corrected chi connectivity index (χ1v) is 8.69. The largest absolute Gasteiger partial charge is 0.454 e. The molecule has 1 fully saturated rings. The molecule has 2 aliphatic rings.